The Balaban J connectivity index is 1.44. The van der Waals surface area contributed by atoms with Gasteiger partial charge in [0.15, 0.2) is 0 Å². The zero-order valence-corrected chi connectivity index (χ0v) is 16.6. The van der Waals surface area contributed by atoms with Crippen LogP contribution in [0.25, 0.3) is 0 Å². The number of hydrogen-bond donors (Lipinski definition) is 2. The number of urea groups is 1. The van der Waals surface area contributed by atoms with Crippen LogP contribution in [-0.2, 0) is 13.6 Å². The molecule has 2 amide bonds. The molecule has 0 aliphatic carbocycles. The summed E-state index contributed by atoms with van der Waals surface area (Å²) < 4.78 is 3.80. The predicted molar refractivity (Wildman–Crippen MR) is 102 cm³/mol. The van der Waals surface area contributed by atoms with Crippen molar-refractivity contribution in [2.75, 3.05) is 19.6 Å². The summed E-state index contributed by atoms with van der Waals surface area (Å²) in [6, 6.07) is -0.0433. The molecule has 3 rings (SSSR count). The molecular weight excluding hydrogens is 344 g/mol. The molecule has 0 aromatic carbocycles. The average molecular weight is 374 g/mol. The fourth-order valence-corrected chi connectivity index (χ4v) is 3.68. The number of nitrogens with one attached hydrogen (secondary N) is 1. The number of amides is 2. The number of carbonyl (C=O) groups excluding carboxylic acids is 1. The van der Waals surface area contributed by atoms with Crippen LogP contribution in [0, 0.1) is 26.7 Å². The second-order valence-electron chi connectivity index (χ2n) is 7.42. The molecule has 0 radical (unpaired) electrons. The first-order chi connectivity index (χ1) is 12.9. The van der Waals surface area contributed by atoms with Crippen molar-refractivity contribution < 1.29 is 9.90 Å². The lowest BCUT2D eigenvalue weighted by molar-refractivity contribution is 0.0584. The van der Waals surface area contributed by atoms with Crippen LogP contribution in [-0.4, -0.2) is 55.0 Å². The number of piperidine rings is 1. The van der Waals surface area contributed by atoms with Gasteiger partial charge in [0, 0.05) is 44.8 Å². The highest BCUT2D eigenvalue weighted by molar-refractivity contribution is 5.74. The number of likely N-dealkylation sites (tertiary alicyclic amines) is 1. The van der Waals surface area contributed by atoms with Crippen molar-refractivity contribution >= 4 is 6.03 Å². The maximum absolute atomic E-state index is 12.4. The van der Waals surface area contributed by atoms with Gasteiger partial charge in [-0.25, -0.2) is 9.78 Å². The van der Waals surface area contributed by atoms with Crippen LogP contribution in [0.15, 0.2) is 12.4 Å². The normalized spacial score (nSPS) is 16.6. The number of aliphatic hydroxyl groups is 1. The second kappa shape index (κ2) is 8.12. The summed E-state index contributed by atoms with van der Waals surface area (Å²) in [5, 5.41) is 18.0. The lowest BCUT2D eigenvalue weighted by atomic mass is 9.91. The molecule has 0 bridgehead atoms. The Morgan fingerprint density at radius 3 is 2.59 bits per heavy atom. The van der Waals surface area contributed by atoms with Gasteiger partial charge in [-0.3, -0.25) is 4.68 Å². The van der Waals surface area contributed by atoms with Crippen molar-refractivity contribution in [3.63, 3.8) is 0 Å². The molecule has 8 nitrogen and oxygen atoms in total. The Kier molecular flexibility index (Phi) is 5.84. The number of carbonyl (C=O) groups is 1. The van der Waals surface area contributed by atoms with Gasteiger partial charge in [0.05, 0.1) is 12.2 Å². The summed E-state index contributed by atoms with van der Waals surface area (Å²) in [5.41, 5.74) is 3.38. The van der Waals surface area contributed by atoms with Gasteiger partial charge in [0.25, 0.3) is 0 Å². The zero-order valence-electron chi connectivity index (χ0n) is 16.6. The van der Waals surface area contributed by atoms with E-state index in [2.05, 4.69) is 29.2 Å². The van der Waals surface area contributed by atoms with Gasteiger partial charge in [-0.15, -0.1) is 0 Å². The minimum Gasteiger partial charge on any atom is -0.385 e. The third kappa shape index (κ3) is 4.16. The molecule has 2 N–H and O–H groups in total. The van der Waals surface area contributed by atoms with Crippen molar-refractivity contribution in [1.29, 1.82) is 0 Å². The highest BCUT2D eigenvalue weighted by atomic mass is 16.3. The van der Waals surface area contributed by atoms with Gasteiger partial charge in [0.2, 0.25) is 0 Å². The van der Waals surface area contributed by atoms with E-state index in [0.29, 0.717) is 32.0 Å². The van der Waals surface area contributed by atoms with E-state index >= 15 is 0 Å². The molecule has 8 heteroatoms. The van der Waals surface area contributed by atoms with Crippen LogP contribution in [0.5, 0.6) is 0 Å². The number of aromatic nitrogens is 4. The Labute approximate surface area is 160 Å². The number of hydrogen-bond acceptors (Lipinski definition) is 4. The van der Waals surface area contributed by atoms with E-state index in [1.807, 2.05) is 34.3 Å². The quantitative estimate of drug-likeness (QED) is 0.834. The number of rotatable bonds is 5. The SMILES string of the molecule is Cc1nn(CCNC(=O)N2CCC(C(O)c3nccn3C)CC2)c(C)c1C. The van der Waals surface area contributed by atoms with E-state index in [1.54, 1.807) is 6.20 Å². The van der Waals surface area contributed by atoms with Gasteiger partial charge >= 0.3 is 6.03 Å². The van der Waals surface area contributed by atoms with Crippen LogP contribution in [0.2, 0.25) is 0 Å². The summed E-state index contributed by atoms with van der Waals surface area (Å²) in [6.07, 6.45) is 4.51. The van der Waals surface area contributed by atoms with E-state index in [1.165, 1.54) is 5.56 Å². The first-order valence-electron chi connectivity index (χ1n) is 9.57. The second-order valence-corrected chi connectivity index (χ2v) is 7.42. The third-order valence-electron chi connectivity index (χ3n) is 5.74. The van der Waals surface area contributed by atoms with E-state index in [4.69, 9.17) is 0 Å². The minimum absolute atomic E-state index is 0.0433. The maximum Gasteiger partial charge on any atom is 0.317 e. The summed E-state index contributed by atoms with van der Waals surface area (Å²) >= 11 is 0. The monoisotopic (exact) mass is 374 g/mol. The maximum atomic E-state index is 12.4. The zero-order chi connectivity index (χ0) is 19.6. The average Bonchev–Trinajstić information content (AvgIpc) is 3.20. The predicted octanol–water partition coefficient (Wildman–Crippen LogP) is 1.70. The van der Waals surface area contributed by atoms with Crippen LogP contribution < -0.4 is 5.32 Å². The Hall–Kier alpha value is -2.35. The summed E-state index contributed by atoms with van der Waals surface area (Å²) in [5.74, 6) is 0.825. The molecule has 1 aliphatic rings. The fourth-order valence-electron chi connectivity index (χ4n) is 3.68. The summed E-state index contributed by atoms with van der Waals surface area (Å²) in [7, 11) is 1.89. The van der Waals surface area contributed by atoms with Gasteiger partial charge < -0.3 is 19.9 Å². The van der Waals surface area contributed by atoms with Gasteiger partial charge in [-0.05, 0) is 45.1 Å². The highest BCUT2D eigenvalue weighted by Crippen LogP contribution is 2.29. The topological polar surface area (TPSA) is 88.2 Å². The van der Waals surface area contributed by atoms with Crippen molar-refractivity contribution in [2.45, 2.75) is 46.3 Å². The molecule has 2 aromatic heterocycles. The van der Waals surface area contributed by atoms with Crippen molar-refractivity contribution in [3.05, 3.63) is 35.2 Å². The standard InChI is InChI=1S/C19H30N6O2/c1-13-14(2)22-25(15(13)3)12-8-21-19(27)24-9-5-16(6-10-24)17(26)18-20-7-11-23(18)4/h7,11,16-17,26H,5-6,8-10,12H2,1-4H3,(H,21,27). The molecule has 3 heterocycles. The molecule has 148 valence electrons. The molecule has 0 saturated carbocycles. The molecule has 1 unspecified atom stereocenters. The van der Waals surface area contributed by atoms with Crippen LogP contribution >= 0.6 is 0 Å². The first kappa shape index (κ1) is 19.4. The Morgan fingerprint density at radius 2 is 2.04 bits per heavy atom. The molecular formula is C19H30N6O2. The van der Waals surface area contributed by atoms with E-state index < -0.39 is 6.10 Å². The van der Waals surface area contributed by atoms with Crippen LogP contribution in [0.4, 0.5) is 4.79 Å². The van der Waals surface area contributed by atoms with E-state index in [-0.39, 0.29) is 11.9 Å². The fraction of sp³-hybridized carbons (Fsp3) is 0.632. The van der Waals surface area contributed by atoms with Gasteiger partial charge in [-0.2, -0.15) is 5.10 Å². The number of aryl methyl sites for hydroxylation is 2. The van der Waals surface area contributed by atoms with Crippen LogP contribution in [0.3, 0.4) is 0 Å². The number of nitrogens with zero attached hydrogens (tertiary/aromatic N) is 5. The molecule has 0 spiro atoms. The lowest BCUT2D eigenvalue weighted by Gasteiger charge is -2.34. The van der Waals surface area contributed by atoms with Crippen LogP contribution in [0.1, 0.15) is 41.7 Å². The molecule has 1 atom stereocenters. The van der Waals surface area contributed by atoms with Crippen molar-refractivity contribution in [3.8, 4) is 0 Å². The van der Waals surface area contributed by atoms with E-state index in [0.717, 1.165) is 24.2 Å². The molecule has 1 fully saturated rings. The number of imidazole rings is 1. The molecule has 27 heavy (non-hydrogen) atoms. The van der Waals surface area contributed by atoms with Crippen molar-refractivity contribution in [2.24, 2.45) is 13.0 Å². The molecule has 1 saturated heterocycles. The highest BCUT2D eigenvalue weighted by Gasteiger charge is 2.30. The Bertz CT molecular complexity index is 788. The Morgan fingerprint density at radius 1 is 1.33 bits per heavy atom. The molecule has 2 aromatic rings. The largest absolute Gasteiger partial charge is 0.385 e. The lowest BCUT2D eigenvalue weighted by Crippen LogP contribution is -2.46. The summed E-state index contributed by atoms with van der Waals surface area (Å²) in [6.45, 7) is 8.64. The van der Waals surface area contributed by atoms with Gasteiger partial charge in [-0.1, -0.05) is 0 Å². The van der Waals surface area contributed by atoms with E-state index in [9.17, 15) is 9.90 Å². The third-order valence-corrected chi connectivity index (χ3v) is 5.74. The first-order valence-corrected chi connectivity index (χ1v) is 9.57. The summed E-state index contributed by atoms with van der Waals surface area (Å²) in [4.78, 5) is 18.5. The number of aliphatic hydroxyl groups excluding tert-OH is 1. The minimum atomic E-state index is -0.579. The van der Waals surface area contributed by atoms with Crippen molar-refractivity contribution in [1.82, 2.24) is 29.5 Å². The smallest absolute Gasteiger partial charge is 0.317 e. The van der Waals surface area contributed by atoms with Gasteiger partial charge in [0.1, 0.15) is 11.9 Å². The molecule has 1 aliphatic heterocycles.